The van der Waals surface area contributed by atoms with Gasteiger partial charge in [-0.05, 0) is 18.2 Å². The van der Waals surface area contributed by atoms with Crippen LogP contribution in [-0.2, 0) is 0 Å². The molecule has 0 fully saturated rings. The molecule has 0 bridgehead atoms. The molecule has 2 N–H and O–H groups in total. The van der Waals surface area contributed by atoms with Crippen LogP contribution >= 0.6 is 23.2 Å². The quantitative estimate of drug-likeness (QED) is 0.825. The van der Waals surface area contributed by atoms with E-state index in [1.807, 2.05) is 18.0 Å². The van der Waals surface area contributed by atoms with Gasteiger partial charge in [0.15, 0.2) is 0 Å². The zero-order valence-corrected chi connectivity index (χ0v) is 9.76. The Hall–Kier alpha value is -0.930. The number of nitrogens with zero attached hydrogens (tertiary/aromatic N) is 2. The molecule has 15 heavy (non-hydrogen) atoms. The van der Waals surface area contributed by atoms with E-state index >= 15 is 0 Å². The molecular weight excluding hydrogens is 233 g/mol. The molecule has 1 heterocycles. The Bertz CT molecular complexity index is 417. The van der Waals surface area contributed by atoms with Crippen molar-refractivity contribution < 1.29 is 0 Å². The van der Waals surface area contributed by atoms with Gasteiger partial charge in [0.2, 0.25) is 0 Å². The summed E-state index contributed by atoms with van der Waals surface area (Å²) in [5.74, 6) is 0.931. The van der Waals surface area contributed by atoms with Crippen LogP contribution in [0.2, 0.25) is 10.0 Å². The fraction of sp³-hybridized carbons (Fsp3) is 0.300. The summed E-state index contributed by atoms with van der Waals surface area (Å²) in [5.41, 5.74) is 6.64. The third kappa shape index (κ3) is 2.03. The van der Waals surface area contributed by atoms with Crippen LogP contribution in [0.1, 0.15) is 6.92 Å². The van der Waals surface area contributed by atoms with Crippen LogP contribution < -0.4 is 10.7 Å². The van der Waals surface area contributed by atoms with Crippen molar-refractivity contribution in [1.82, 2.24) is 0 Å². The predicted molar refractivity (Wildman–Crippen MR) is 64.6 cm³/mol. The first-order valence-electron chi connectivity index (χ1n) is 4.64. The van der Waals surface area contributed by atoms with Crippen LogP contribution in [0.15, 0.2) is 23.3 Å². The van der Waals surface area contributed by atoms with E-state index in [9.17, 15) is 0 Å². The lowest BCUT2D eigenvalue weighted by Crippen LogP contribution is -2.20. The van der Waals surface area contributed by atoms with Gasteiger partial charge in [-0.3, -0.25) is 5.01 Å². The Morgan fingerprint density at radius 1 is 1.40 bits per heavy atom. The molecule has 1 aliphatic heterocycles. The summed E-state index contributed by atoms with van der Waals surface area (Å²) in [6, 6.07) is 5.43. The third-order valence-corrected chi connectivity index (χ3v) is 3.13. The second kappa shape index (κ2) is 3.91. The van der Waals surface area contributed by atoms with Crippen molar-refractivity contribution in [2.75, 3.05) is 11.6 Å². The number of benzene rings is 1. The first-order valence-corrected chi connectivity index (χ1v) is 5.40. The summed E-state index contributed by atoms with van der Waals surface area (Å²) in [4.78, 5) is 0. The maximum absolute atomic E-state index is 5.93. The fourth-order valence-electron chi connectivity index (χ4n) is 1.44. The van der Waals surface area contributed by atoms with Gasteiger partial charge in [-0.15, -0.1) is 0 Å². The summed E-state index contributed by atoms with van der Waals surface area (Å²) < 4.78 is 0. The lowest BCUT2D eigenvalue weighted by atomic mass is 10.2. The molecule has 3 nitrogen and oxygen atoms in total. The van der Waals surface area contributed by atoms with E-state index in [4.69, 9.17) is 28.9 Å². The molecule has 1 aliphatic rings. The van der Waals surface area contributed by atoms with Crippen molar-refractivity contribution in [1.29, 1.82) is 0 Å². The molecule has 0 saturated heterocycles. The third-order valence-electron chi connectivity index (χ3n) is 2.39. The topological polar surface area (TPSA) is 41.6 Å². The Balaban J connectivity index is 2.28. The maximum Gasteiger partial charge on any atom is 0.124 e. The monoisotopic (exact) mass is 243 g/mol. The largest absolute Gasteiger partial charge is 0.385 e. The van der Waals surface area contributed by atoms with Gasteiger partial charge in [-0.1, -0.05) is 30.1 Å². The van der Waals surface area contributed by atoms with Gasteiger partial charge in [-0.2, -0.15) is 5.10 Å². The zero-order valence-electron chi connectivity index (χ0n) is 8.24. The van der Waals surface area contributed by atoms with Gasteiger partial charge in [0.25, 0.3) is 0 Å². The van der Waals surface area contributed by atoms with Crippen LogP contribution in [-0.4, -0.2) is 12.4 Å². The molecule has 5 heteroatoms. The number of nitrogens with two attached hydrogens (primary N) is 1. The summed E-state index contributed by atoms with van der Waals surface area (Å²) in [6.45, 7) is 2.82. The van der Waals surface area contributed by atoms with E-state index in [0.717, 1.165) is 12.2 Å². The van der Waals surface area contributed by atoms with Crippen molar-refractivity contribution in [2.45, 2.75) is 6.92 Å². The van der Waals surface area contributed by atoms with E-state index in [1.165, 1.54) is 0 Å². The molecule has 1 unspecified atom stereocenters. The van der Waals surface area contributed by atoms with Gasteiger partial charge < -0.3 is 5.73 Å². The minimum absolute atomic E-state index is 0.277. The van der Waals surface area contributed by atoms with Crippen LogP contribution in [0.4, 0.5) is 5.69 Å². The number of anilines is 1. The molecule has 1 atom stereocenters. The van der Waals surface area contributed by atoms with E-state index in [1.54, 1.807) is 12.1 Å². The molecule has 1 aromatic rings. The number of hydrogen-bond donors (Lipinski definition) is 1. The van der Waals surface area contributed by atoms with E-state index < -0.39 is 0 Å². The SMILES string of the molecule is CC1CN(c2ccc(Cl)c(Cl)c2)N=C1N. The highest BCUT2D eigenvalue weighted by molar-refractivity contribution is 6.42. The number of amidine groups is 1. The molecule has 1 aromatic carbocycles. The lowest BCUT2D eigenvalue weighted by Gasteiger charge is -2.14. The van der Waals surface area contributed by atoms with Crippen molar-refractivity contribution in [3.8, 4) is 0 Å². The van der Waals surface area contributed by atoms with Crippen molar-refractivity contribution >= 4 is 34.7 Å². The number of hydrogen-bond acceptors (Lipinski definition) is 3. The Morgan fingerprint density at radius 3 is 2.67 bits per heavy atom. The molecule has 0 spiro atoms. The highest BCUT2D eigenvalue weighted by Gasteiger charge is 2.21. The van der Waals surface area contributed by atoms with E-state index in [-0.39, 0.29) is 5.92 Å². The summed E-state index contributed by atoms with van der Waals surface area (Å²) in [6.07, 6.45) is 0. The fourth-order valence-corrected chi connectivity index (χ4v) is 1.73. The van der Waals surface area contributed by atoms with Crippen molar-refractivity contribution in [3.05, 3.63) is 28.2 Å². The lowest BCUT2D eigenvalue weighted by molar-refractivity contribution is 0.773. The van der Waals surface area contributed by atoms with Gasteiger partial charge in [0, 0.05) is 5.92 Å². The highest BCUT2D eigenvalue weighted by Crippen LogP contribution is 2.29. The Labute approximate surface area is 98.5 Å². The summed E-state index contributed by atoms with van der Waals surface area (Å²) in [5, 5.41) is 7.15. The first kappa shape index (κ1) is 10.6. The molecular formula is C10H11Cl2N3. The average molecular weight is 244 g/mol. The number of hydrazone groups is 1. The second-order valence-corrected chi connectivity index (χ2v) is 4.42. The minimum atomic E-state index is 0.277. The van der Waals surface area contributed by atoms with Crippen molar-refractivity contribution in [3.63, 3.8) is 0 Å². The summed E-state index contributed by atoms with van der Waals surface area (Å²) >= 11 is 11.8. The smallest absolute Gasteiger partial charge is 0.124 e. The van der Waals surface area contributed by atoms with E-state index in [0.29, 0.717) is 15.9 Å². The Morgan fingerprint density at radius 2 is 2.13 bits per heavy atom. The standard InChI is InChI=1S/C10H11Cl2N3/c1-6-5-15(14-10(6)13)7-2-3-8(11)9(12)4-7/h2-4,6H,5H2,1H3,(H2,13,14). The first-order chi connectivity index (χ1) is 7.08. The zero-order chi connectivity index (χ0) is 11.0. The normalized spacial score (nSPS) is 20.6. The minimum Gasteiger partial charge on any atom is -0.385 e. The van der Waals surface area contributed by atoms with Crippen molar-refractivity contribution in [2.24, 2.45) is 16.8 Å². The highest BCUT2D eigenvalue weighted by atomic mass is 35.5. The molecule has 2 rings (SSSR count). The van der Waals surface area contributed by atoms with Crippen LogP contribution in [0.3, 0.4) is 0 Å². The maximum atomic E-state index is 5.93. The number of halogens is 2. The molecule has 0 saturated carbocycles. The van der Waals surface area contributed by atoms with Gasteiger partial charge in [-0.25, -0.2) is 0 Å². The molecule has 0 aliphatic carbocycles. The predicted octanol–water partition coefficient (Wildman–Crippen LogP) is 2.72. The Kier molecular flexibility index (Phi) is 2.76. The van der Waals surface area contributed by atoms with Gasteiger partial charge >= 0.3 is 0 Å². The van der Waals surface area contributed by atoms with Crippen LogP contribution in [0.25, 0.3) is 0 Å². The molecule has 0 amide bonds. The van der Waals surface area contributed by atoms with Crippen LogP contribution in [0, 0.1) is 5.92 Å². The number of rotatable bonds is 1. The van der Waals surface area contributed by atoms with Gasteiger partial charge in [0.05, 0.1) is 22.3 Å². The molecule has 80 valence electrons. The average Bonchev–Trinajstić information content (AvgIpc) is 2.52. The van der Waals surface area contributed by atoms with Crippen LogP contribution in [0.5, 0.6) is 0 Å². The molecule has 0 aromatic heterocycles. The second-order valence-electron chi connectivity index (χ2n) is 3.61. The molecule has 0 radical (unpaired) electrons. The van der Waals surface area contributed by atoms with E-state index in [2.05, 4.69) is 5.10 Å². The van der Waals surface area contributed by atoms with Gasteiger partial charge in [0.1, 0.15) is 5.84 Å². The summed E-state index contributed by atoms with van der Waals surface area (Å²) in [7, 11) is 0.